The van der Waals surface area contributed by atoms with Crippen molar-refractivity contribution in [2.45, 2.75) is 63.7 Å². The van der Waals surface area contributed by atoms with Gasteiger partial charge in [0, 0.05) is 62.2 Å². The van der Waals surface area contributed by atoms with Gasteiger partial charge in [-0.25, -0.2) is 9.37 Å². The van der Waals surface area contributed by atoms with Crippen LogP contribution in [0.2, 0.25) is 0 Å². The summed E-state index contributed by atoms with van der Waals surface area (Å²) in [7, 11) is 0. The Kier molecular flexibility index (Phi) is 7.19. The smallest absolute Gasteiger partial charge is 0.276 e. The number of carbonyl (C=O) groups excluding carboxylic acids is 2. The third-order valence-corrected chi connectivity index (χ3v) is 10.3. The van der Waals surface area contributed by atoms with Gasteiger partial charge in [-0.3, -0.25) is 14.4 Å². The number of piperazine rings is 1. The van der Waals surface area contributed by atoms with Gasteiger partial charge in [-0.2, -0.15) is 4.80 Å². The highest BCUT2D eigenvalue weighted by Crippen LogP contribution is 2.53. The molecule has 3 aliphatic carbocycles. The van der Waals surface area contributed by atoms with Crippen molar-refractivity contribution in [1.82, 2.24) is 34.8 Å². The van der Waals surface area contributed by atoms with E-state index in [1.807, 2.05) is 17.9 Å². The average molecular weight is 649 g/mol. The maximum Gasteiger partial charge on any atom is 0.276 e. The molecule has 2 bridgehead atoms. The number of aromatic nitrogens is 5. The Morgan fingerprint density at radius 2 is 1.94 bits per heavy atom. The summed E-state index contributed by atoms with van der Waals surface area (Å²) in [5.74, 6) is -0.281. The Morgan fingerprint density at radius 1 is 1.13 bits per heavy atom. The number of fused-ring (bicyclic) bond motifs is 3. The van der Waals surface area contributed by atoms with Crippen LogP contribution in [-0.2, 0) is 28.9 Å². The van der Waals surface area contributed by atoms with Crippen molar-refractivity contribution >= 4 is 34.4 Å². The van der Waals surface area contributed by atoms with E-state index >= 15 is 0 Å². The average Bonchev–Trinajstić information content (AvgIpc) is 3.85. The van der Waals surface area contributed by atoms with Crippen LogP contribution in [0.4, 0.5) is 10.1 Å². The second kappa shape index (κ2) is 11.3. The number of hydrogen-bond donors (Lipinski definition) is 2. The third kappa shape index (κ3) is 4.93. The molecule has 6 heterocycles. The lowest BCUT2D eigenvalue weighted by atomic mass is 9.77. The van der Waals surface area contributed by atoms with Gasteiger partial charge < -0.3 is 34.3 Å². The number of hydrogen-bond acceptors (Lipinski definition) is 10. The molecule has 1 unspecified atom stereocenters. The monoisotopic (exact) mass is 648 g/mol. The summed E-state index contributed by atoms with van der Waals surface area (Å²) in [6.45, 7) is 4.47. The molecule has 4 fully saturated rings. The molecule has 0 spiro atoms. The van der Waals surface area contributed by atoms with Crippen LogP contribution in [0, 0.1) is 5.92 Å². The highest BCUT2D eigenvalue weighted by molar-refractivity contribution is 5.95. The van der Waals surface area contributed by atoms with Crippen LogP contribution in [0.3, 0.4) is 0 Å². The predicted molar refractivity (Wildman–Crippen MR) is 167 cm³/mol. The molecule has 15 heteroatoms. The summed E-state index contributed by atoms with van der Waals surface area (Å²) in [5, 5.41) is 23.2. The zero-order valence-electron chi connectivity index (χ0n) is 26.2. The fourth-order valence-corrected chi connectivity index (χ4v) is 7.94. The van der Waals surface area contributed by atoms with Gasteiger partial charge in [-0.15, -0.1) is 10.2 Å². The zero-order chi connectivity index (χ0) is 32.4. The van der Waals surface area contributed by atoms with Crippen molar-refractivity contribution < 1.29 is 28.6 Å². The minimum atomic E-state index is -0.887. The van der Waals surface area contributed by atoms with E-state index < -0.39 is 11.7 Å². The Balaban J connectivity index is 1.11. The topological polar surface area (TPSA) is 157 Å². The summed E-state index contributed by atoms with van der Waals surface area (Å²) >= 11 is 0. The molecule has 2 N–H and O–H groups in total. The zero-order valence-corrected chi connectivity index (χ0v) is 26.2. The molecular formula is C32H37FN8O6. The first-order valence-electron chi connectivity index (χ1n) is 16.4. The number of aromatic hydroxyl groups is 1. The fraction of sp³-hybridized carbons (Fsp3) is 0.562. The van der Waals surface area contributed by atoms with Gasteiger partial charge in [0.1, 0.15) is 24.2 Å². The van der Waals surface area contributed by atoms with E-state index in [0.717, 1.165) is 5.70 Å². The number of amides is 2. The molecule has 1 atom stereocenters. The molecule has 14 nitrogen and oxygen atoms in total. The summed E-state index contributed by atoms with van der Waals surface area (Å²) in [4.78, 5) is 50.4. The fourth-order valence-electron chi connectivity index (χ4n) is 7.94. The number of anilines is 1. The quantitative estimate of drug-likeness (QED) is 0.384. The van der Waals surface area contributed by atoms with Gasteiger partial charge in [0.2, 0.25) is 11.3 Å². The molecule has 0 radical (unpaired) electrons. The molecular weight excluding hydrogens is 611 g/mol. The van der Waals surface area contributed by atoms with Crippen molar-refractivity contribution in [3.8, 4) is 11.5 Å². The molecule has 3 saturated carbocycles. The van der Waals surface area contributed by atoms with Crippen LogP contribution in [0.5, 0.6) is 11.5 Å². The van der Waals surface area contributed by atoms with Crippen LogP contribution in [0.15, 0.2) is 17.1 Å². The van der Waals surface area contributed by atoms with Crippen LogP contribution in [-0.4, -0.2) is 104 Å². The van der Waals surface area contributed by atoms with Crippen molar-refractivity contribution in [3.63, 3.8) is 0 Å². The second-order valence-electron chi connectivity index (χ2n) is 13.1. The lowest BCUT2D eigenvalue weighted by molar-refractivity contribution is -0.124. The first-order chi connectivity index (χ1) is 22.7. The number of pyridine rings is 2. The van der Waals surface area contributed by atoms with Gasteiger partial charge in [-0.05, 0) is 31.3 Å². The Bertz CT molecular complexity index is 1870. The SMILES string of the molecule is CCc1c(N2CCN(C(=O)c3ncc4c(c3O)CCO4)CC2)c(=O)c2nn(C3=CCOCC3)nc2n1CC(=O)NC12CC(F)C(C1)C2. The first kappa shape index (κ1) is 29.8. The van der Waals surface area contributed by atoms with Crippen molar-refractivity contribution in [2.75, 3.05) is 50.9 Å². The van der Waals surface area contributed by atoms with Crippen LogP contribution in [0.25, 0.3) is 16.9 Å². The molecule has 248 valence electrons. The number of carbonyl (C=O) groups is 2. The Hall–Kier alpha value is -4.53. The van der Waals surface area contributed by atoms with Crippen molar-refractivity contribution in [1.29, 1.82) is 0 Å². The highest BCUT2D eigenvalue weighted by Gasteiger charge is 2.57. The molecule has 1 saturated heterocycles. The summed E-state index contributed by atoms with van der Waals surface area (Å²) in [6, 6.07) is 0. The predicted octanol–water partition coefficient (Wildman–Crippen LogP) is 1.42. The minimum Gasteiger partial charge on any atom is -0.505 e. The van der Waals surface area contributed by atoms with Gasteiger partial charge in [0.05, 0.1) is 31.7 Å². The van der Waals surface area contributed by atoms with E-state index in [0.29, 0.717) is 113 Å². The van der Waals surface area contributed by atoms with E-state index in [2.05, 4.69) is 15.4 Å². The van der Waals surface area contributed by atoms with Crippen LogP contribution in [0.1, 0.15) is 54.4 Å². The summed E-state index contributed by atoms with van der Waals surface area (Å²) < 4.78 is 26.9. The molecule has 3 aliphatic heterocycles. The van der Waals surface area contributed by atoms with E-state index in [1.165, 1.54) is 11.0 Å². The van der Waals surface area contributed by atoms with E-state index in [-0.39, 0.29) is 46.7 Å². The van der Waals surface area contributed by atoms with E-state index in [4.69, 9.17) is 14.6 Å². The highest BCUT2D eigenvalue weighted by atomic mass is 19.1. The number of rotatable bonds is 7. The number of nitrogens with one attached hydrogen (secondary N) is 1. The van der Waals surface area contributed by atoms with Crippen molar-refractivity contribution in [2.24, 2.45) is 5.92 Å². The molecule has 3 aromatic heterocycles. The number of ether oxygens (including phenoxy) is 2. The maximum atomic E-state index is 14.3. The van der Waals surface area contributed by atoms with Gasteiger partial charge >= 0.3 is 0 Å². The van der Waals surface area contributed by atoms with Gasteiger partial charge in [0.25, 0.3) is 5.91 Å². The Morgan fingerprint density at radius 3 is 2.64 bits per heavy atom. The molecule has 2 amide bonds. The second-order valence-corrected chi connectivity index (χ2v) is 13.1. The van der Waals surface area contributed by atoms with E-state index in [9.17, 15) is 23.9 Å². The molecule has 3 aromatic rings. The molecule has 0 aromatic carbocycles. The first-order valence-corrected chi connectivity index (χ1v) is 16.4. The molecule has 47 heavy (non-hydrogen) atoms. The Labute approximate surface area is 269 Å². The van der Waals surface area contributed by atoms with Crippen LogP contribution >= 0.6 is 0 Å². The number of nitrogens with zero attached hydrogens (tertiary/aromatic N) is 7. The van der Waals surface area contributed by atoms with Crippen molar-refractivity contribution in [3.05, 3.63) is 39.4 Å². The van der Waals surface area contributed by atoms with E-state index in [1.54, 1.807) is 9.47 Å². The lowest BCUT2D eigenvalue weighted by Gasteiger charge is -2.39. The standard InChI is InChI=1S/C32H37FN8O6/c1-2-22-27(38-6-8-39(9-7-38)31(45)26-28(43)20-5-12-47-23(20)16-34-26)29(44)25-30(37-41(36-25)19-3-10-46-11-4-19)40(22)17-24(42)35-32-13-18(14-32)21(33)15-32/h3,16,18,21,43H,2,4-15,17H2,1H3,(H,35,42). The minimum absolute atomic E-state index is 0.00985. The van der Waals surface area contributed by atoms with Gasteiger partial charge in [0.15, 0.2) is 22.6 Å². The van der Waals surface area contributed by atoms with Crippen LogP contribution < -0.4 is 20.4 Å². The maximum absolute atomic E-state index is 14.3. The normalized spacial score (nSPS) is 24.9. The molecule has 9 rings (SSSR count). The lowest BCUT2D eigenvalue weighted by Crippen LogP contribution is -2.53. The summed E-state index contributed by atoms with van der Waals surface area (Å²) in [6.07, 6.45) is 5.61. The summed E-state index contributed by atoms with van der Waals surface area (Å²) in [5.41, 5.74) is 2.12. The van der Waals surface area contributed by atoms with Gasteiger partial charge in [-0.1, -0.05) is 6.92 Å². The number of alkyl halides is 1. The number of halogens is 1. The third-order valence-electron chi connectivity index (χ3n) is 10.3. The largest absolute Gasteiger partial charge is 0.505 e. The molecule has 6 aliphatic rings.